The van der Waals surface area contributed by atoms with Gasteiger partial charge in [0.15, 0.2) is 0 Å². The molecule has 1 aliphatic rings. The maximum absolute atomic E-state index is 12.5. The first kappa shape index (κ1) is 24.7. The Morgan fingerprint density at radius 2 is 1.84 bits per heavy atom. The van der Waals surface area contributed by atoms with E-state index in [2.05, 4.69) is 61.4 Å². The van der Waals surface area contributed by atoms with Crippen molar-refractivity contribution in [2.24, 2.45) is 0 Å². The number of nitrogens with one attached hydrogen (secondary N) is 2. The molecular formula is C28H33N7O2. The third-order valence-electron chi connectivity index (χ3n) is 6.73. The molecule has 0 atom stereocenters. The van der Waals surface area contributed by atoms with Gasteiger partial charge in [0.2, 0.25) is 11.8 Å². The van der Waals surface area contributed by atoms with Gasteiger partial charge in [-0.15, -0.1) is 0 Å². The van der Waals surface area contributed by atoms with Crippen molar-refractivity contribution in [3.63, 3.8) is 0 Å². The van der Waals surface area contributed by atoms with Gasteiger partial charge in [-0.05, 0) is 42.4 Å². The van der Waals surface area contributed by atoms with E-state index >= 15 is 0 Å². The molecule has 0 saturated carbocycles. The molecule has 0 unspecified atom stereocenters. The van der Waals surface area contributed by atoms with E-state index in [1.165, 1.54) is 5.56 Å². The fraction of sp³-hybridized carbons (Fsp3) is 0.321. The van der Waals surface area contributed by atoms with Crippen LogP contribution in [0.3, 0.4) is 0 Å². The van der Waals surface area contributed by atoms with Crippen molar-refractivity contribution < 1.29 is 9.53 Å². The van der Waals surface area contributed by atoms with Crippen LogP contribution < -0.4 is 10.1 Å². The summed E-state index contributed by atoms with van der Waals surface area (Å²) in [6.07, 6.45) is 1.87. The third-order valence-corrected chi connectivity index (χ3v) is 6.73. The van der Waals surface area contributed by atoms with E-state index in [0.29, 0.717) is 23.0 Å². The fourth-order valence-corrected chi connectivity index (χ4v) is 4.60. The summed E-state index contributed by atoms with van der Waals surface area (Å²) in [6, 6.07) is 15.9. The molecule has 192 valence electrons. The molecule has 0 aliphatic carbocycles. The van der Waals surface area contributed by atoms with Crippen LogP contribution in [0, 0.1) is 0 Å². The van der Waals surface area contributed by atoms with Gasteiger partial charge in [0.1, 0.15) is 5.65 Å². The second-order valence-corrected chi connectivity index (χ2v) is 9.66. The molecule has 0 spiro atoms. The summed E-state index contributed by atoms with van der Waals surface area (Å²) in [5.74, 6) is 0.854. The largest absolute Gasteiger partial charge is 0.480 e. The van der Waals surface area contributed by atoms with Crippen LogP contribution in [0.1, 0.15) is 15.9 Å². The molecule has 37 heavy (non-hydrogen) atoms. The van der Waals surface area contributed by atoms with Crippen molar-refractivity contribution in [1.29, 1.82) is 0 Å². The first-order valence-corrected chi connectivity index (χ1v) is 12.4. The monoisotopic (exact) mass is 499 g/mol. The number of methoxy groups -OCH3 is 1. The molecule has 4 aromatic rings. The van der Waals surface area contributed by atoms with Gasteiger partial charge in [0.05, 0.1) is 12.5 Å². The number of hydrogen-bond acceptors (Lipinski definition) is 7. The van der Waals surface area contributed by atoms with Crippen LogP contribution in [0.25, 0.3) is 22.2 Å². The highest BCUT2D eigenvalue weighted by Crippen LogP contribution is 2.35. The standard InChI is InChI=1S/C28H33N7O2/c1-33(2)27(36)21-7-5-6-20(16-21)23-17-29-25-24(23)26(37-4)32-28(31-25)30-22-10-8-19(9-11-22)18-35-14-12-34(3)13-15-35/h5-11,16-17H,12-15,18H2,1-4H3,(H2,29,30,31,32). The zero-order chi connectivity index (χ0) is 25.9. The predicted molar refractivity (Wildman–Crippen MR) is 146 cm³/mol. The van der Waals surface area contributed by atoms with Gasteiger partial charge in [-0.2, -0.15) is 9.97 Å². The van der Waals surface area contributed by atoms with Crippen LogP contribution in [0.2, 0.25) is 0 Å². The molecule has 1 saturated heterocycles. The summed E-state index contributed by atoms with van der Waals surface area (Å²) in [7, 11) is 7.26. The minimum absolute atomic E-state index is 0.0501. The fourth-order valence-electron chi connectivity index (χ4n) is 4.60. The minimum atomic E-state index is -0.0501. The summed E-state index contributed by atoms with van der Waals surface area (Å²) >= 11 is 0. The highest BCUT2D eigenvalue weighted by Gasteiger charge is 2.18. The number of carbonyl (C=O) groups excluding carboxylic acids is 1. The maximum atomic E-state index is 12.5. The Kier molecular flexibility index (Phi) is 7.07. The quantitative estimate of drug-likeness (QED) is 0.400. The van der Waals surface area contributed by atoms with Crippen LogP contribution >= 0.6 is 0 Å². The van der Waals surface area contributed by atoms with Gasteiger partial charge in [-0.3, -0.25) is 9.69 Å². The second-order valence-electron chi connectivity index (χ2n) is 9.66. The topological polar surface area (TPSA) is 89.6 Å². The number of nitrogens with zero attached hydrogens (tertiary/aromatic N) is 5. The SMILES string of the molecule is COc1nc(Nc2ccc(CN3CCN(C)CC3)cc2)nc2[nH]cc(-c3cccc(C(=O)N(C)C)c3)c12. The highest BCUT2D eigenvalue weighted by atomic mass is 16.5. The molecule has 5 rings (SSSR count). The Labute approximate surface area is 217 Å². The van der Waals surface area contributed by atoms with E-state index in [4.69, 9.17) is 4.74 Å². The Balaban J connectivity index is 1.36. The molecule has 2 N–H and O–H groups in total. The number of H-pyrrole nitrogens is 1. The zero-order valence-electron chi connectivity index (χ0n) is 21.8. The van der Waals surface area contributed by atoms with Crippen molar-refractivity contribution in [2.75, 3.05) is 59.7 Å². The summed E-state index contributed by atoms with van der Waals surface area (Å²) < 4.78 is 5.66. The number of aromatic nitrogens is 3. The molecule has 9 nitrogen and oxygen atoms in total. The van der Waals surface area contributed by atoms with E-state index < -0.39 is 0 Å². The van der Waals surface area contributed by atoms with Crippen molar-refractivity contribution >= 4 is 28.6 Å². The normalized spacial score (nSPS) is 14.6. The second kappa shape index (κ2) is 10.6. The van der Waals surface area contributed by atoms with Gasteiger partial charge in [0, 0.05) is 69.8 Å². The number of aromatic amines is 1. The average molecular weight is 500 g/mol. The number of amides is 1. The number of fused-ring (bicyclic) bond motifs is 1. The zero-order valence-corrected chi connectivity index (χ0v) is 21.8. The van der Waals surface area contributed by atoms with Gasteiger partial charge in [-0.1, -0.05) is 24.3 Å². The molecule has 1 amide bonds. The number of benzene rings is 2. The third kappa shape index (κ3) is 5.42. The Bertz CT molecular complexity index is 1390. The molecule has 0 radical (unpaired) electrons. The van der Waals surface area contributed by atoms with Crippen LogP contribution in [0.4, 0.5) is 11.6 Å². The number of hydrogen-bond donors (Lipinski definition) is 2. The first-order valence-electron chi connectivity index (χ1n) is 12.4. The molecule has 3 heterocycles. The minimum Gasteiger partial charge on any atom is -0.480 e. The van der Waals surface area contributed by atoms with Crippen molar-refractivity contribution in [1.82, 2.24) is 29.7 Å². The molecule has 9 heteroatoms. The molecule has 2 aromatic carbocycles. The van der Waals surface area contributed by atoms with Crippen LogP contribution in [-0.2, 0) is 6.54 Å². The summed E-state index contributed by atoms with van der Waals surface area (Å²) in [6.45, 7) is 5.37. The van der Waals surface area contributed by atoms with E-state index in [-0.39, 0.29) is 5.91 Å². The number of piperazine rings is 1. The van der Waals surface area contributed by atoms with Gasteiger partial charge >= 0.3 is 0 Å². The first-order chi connectivity index (χ1) is 17.9. The van der Waals surface area contributed by atoms with Crippen LogP contribution in [-0.4, -0.2) is 90.0 Å². The number of carbonyl (C=O) groups is 1. The molecular weight excluding hydrogens is 466 g/mol. The highest BCUT2D eigenvalue weighted by molar-refractivity contribution is 6.00. The Morgan fingerprint density at radius 1 is 1.08 bits per heavy atom. The lowest BCUT2D eigenvalue weighted by Gasteiger charge is -2.32. The molecule has 1 aliphatic heterocycles. The van der Waals surface area contributed by atoms with E-state index in [1.54, 1.807) is 26.1 Å². The van der Waals surface area contributed by atoms with Crippen molar-refractivity contribution in [3.8, 4) is 17.0 Å². The summed E-state index contributed by atoms with van der Waals surface area (Å²) in [5.41, 5.74) is 5.22. The number of ether oxygens (including phenoxy) is 1. The molecule has 2 aromatic heterocycles. The Morgan fingerprint density at radius 3 is 2.54 bits per heavy atom. The van der Waals surface area contributed by atoms with Gasteiger partial charge in [-0.25, -0.2) is 0 Å². The lowest BCUT2D eigenvalue weighted by Crippen LogP contribution is -2.43. The molecule has 0 bridgehead atoms. The van der Waals surface area contributed by atoms with E-state index in [1.807, 2.05) is 30.5 Å². The van der Waals surface area contributed by atoms with Crippen LogP contribution in [0.5, 0.6) is 5.88 Å². The predicted octanol–water partition coefficient (Wildman–Crippen LogP) is 3.83. The maximum Gasteiger partial charge on any atom is 0.253 e. The van der Waals surface area contributed by atoms with Crippen molar-refractivity contribution in [3.05, 3.63) is 65.9 Å². The van der Waals surface area contributed by atoms with E-state index in [0.717, 1.165) is 54.9 Å². The van der Waals surface area contributed by atoms with Gasteiger partial charge in [0.25, 0.3) is 5.91 Å². The lowest BCUT2D eigenvalue weighted by atomic mass is 10.0. The van der Waals surface area contributed by atoms with E-state index in [9.17, 15) is 4.79 Å². The average Bonchev–Trinajstić information content (AvgIpc) is 3.34. The molecule has 1 fully saturated rings. The number of anilines is 2. The Hall–Kier alpha value is -3.95. The summed E-state index contributed by atoms with van der Waals surface area (Å²) in [4.78, 5) is 31.4. The van der Waals surface area contributed by atoms with Crippen molar-refractivity contribution in [2.45, 2.75) is 6.54 Å². The smallest absolute Gasteiger partial charge is 0.253 e. The summed E-state index contributed by atoms with van der Waals surface area (Å²) in [5, 5.41) is 4.07. The van der Waals surface area contributed by atoms with Gasteiger partial charge < -0.3 is 24.8 Å². The number of likely N-dealkylation sites (N-methyl/N-ethyl adjacent to an activating group) is 1. The van der Waals surface area contributed by atoms with Crippen LogP contribution in [0.15, 0.2) is 54.7 Å². The number of rotatable bonds is 7. The lowest BCUT2D eigenvalue weighted by molar-refractivity contribution is 0.0827.